The van der Waals surface area contributed by atoms with Crippen LogP contribution in [0.4, 0.5) is 4.39 Å². The zero-order valence-electron chi connectivity index (χ0n) is 15.7. The van der Waals surface area contributed by atoms with Crippen LogP contribution in [0.5, 0.6) is 5.75 Å². The standard InChI is InChI=1S/C20H24FN3O2S/c1-4-6-15(14(5-2)16-11-13(21)9-10-17(16)26-3)18(25)22-20-24-23-19(27-20)12-7-8-12/h4,6,9-12,19,23H,5,7-8H2,1-3H3,(H,22,24,25)/b6-4-,15-14-. The lowest BCUT2D eigenvalue weighted by Gasteiger charge is -2.15. The minimum absolute atomic E-state index is 0.239. The molecule has 1 atom stereocenters. The summed E-state index contributed by atoms with van der Waals surface area (Å²) in [4.78, 5) is 13.0. The van der Waals surface area contributed by atoms with Gasteiger partial charge in [-0.25, -0.2) is 4.39 Å². The maximum atomic E-state index is 13.9. The smallest absolute Gasteiger partial charge is 0.257 e. The van der Waals surface area contributed by atoms with Crippen molar-refractivity contribution >= 4 is 28.4 Å². The first-order valence-corrected chi connectivity index (χ1v) is 9.96. The van der Waals surface area contributed by atoms with Crippen LogP contribution in [-0.2, 0) is 4.79 Å². The number of carbonyl (C=O) groups is 1. The minimum Gasteiger partial charge on any atom is -0.496 e. The molecule has 0 saturated heterocycles. The van der Waals surface area contributed by atoms with E-state index in [4.69, 9.17) is 4.74 Å². The molecule has 3 rings (SSSR count). The van der Waals surface area contributed by atoms with Crippen LogP contribution < -0.4 is 15.5 Å². The Bertz CT molecular complexity index is 815. The second-order valence-electron chi connectivity index (χ2n) is 6.47. The lowest BCUT2D eigenvalue weighted by Crippen LogP contribution is -2.29. The Hall–Kier alpha value is -2.28. The summed E-state index contributed by atoms with van der Waals surface area (Å²) < 4.78 is 19.2. The SMILES string of the molecule is C/C=C\C(C(=O)NC1=NNC(C2CC2)S1)=C(/CC)c1cc(F)ccc1OC. The number of hydrogen-bond acceptors (Lipinski definition) is 5. The first-order chi connectivity index (χ1) is 13.1. The molecular weight excluding hydrogens is 365 g/mol. The number of halogens is 1. The normalized spacial score (nSPS) is 20.1. The van der Waals surface area contributed by atoms with Gasteiger partial charge in [0.25, 0.3) is 5.91 Å². The number of allylic oxidation sites excluding steroid dienone is 2. The number of ether oxygens (including phenoxy) is 1. The van der Waals surface area contributed by atoms with Crippen molar-refractivity contribution < 1.29 is 13.9 Å². The summed E-state index contributed by atoms with van der Waals surface area (Å²) in [7, 11) is 1.53. The Kier molecular flexibility index (Phi) is 6.21. The number of amides is 1. The minimum atomic E-state index is -0.371. The average Bonchev–Trinajstić information content (AvgIpc) is 3.41. The molecule has 1 amide bonds. The number of carbonyl (C=O) groups excluding carboxylic acids is 1. The number of amidine groups is 1. The molecule has 144 valence electrons. The first kappa shape index (κ1) is 19.5. The van der Waals surface area contributed by atoms with Gasteiger partial charge in [-0.05, 0) is 55.9 Å². The summed E-state index contributed by atoms with van der Waals surface area (Å²) in [5, 5.41) is 7.92. The van der Waals surface area contributed by atoms with E-state index in [1.165, 1.54) is 32.1 Å². The second-order valence-corrected chi connectivity index (χ2v) is 7.60. The zero-order valence-corrected chi connectivity index (χ0v) is 16.5. The van der Waals surface area contributed by atoms with Crippen molar-refractivity contribution in [2.45, 2.75) is 38.5 Å². The fraction of sp³-hybridized carbons (Fsp3) is 0.400. The van der Waals surface area contributed by atoms with Crippen LogP contribution in [0.3, 0.4) is 0 Å². The molecule has 0 radical (unpaired) electrons. The molecule has 1 aromatic rings. The number of benzene rings is 1. The average molecular weight is 389 g/mol. The van der Waals surface area contributed by atoms with Gasteiger partial charge in [0.15, 0.2) is 5.17 Å². The first-order valence-electron chi connectivity index (χ1n) is 9.08. The summed E-state index contributed by atoms with van der Waals surface area (Å²) in [6.07, 6.45) is 6.49. The van der Waals surface area contributed by atoms with Crippen molar-refractivity contribution in [1.82, 2.24) is 10.7 Å². The molecule has 1 aliphatic heterocycles. The van der Waals surface area contributed by atoms with Gasteiger partial charge in [-0.15, -0.1) is 0 Å². The molecule has 0 aromatic heterocycles. The van der Waals surface area contributed by atoms with E-state index in [1.807, 2.05) is 13.8 Å². The van der Waals surface area contributed by atoms with Crippen molar-refractivity contribution in [1.29, 1.82) is 0 Å². The fourth-order valence-electron chi connectivity index (χ4n) is 3.04. The molecule has 27 heavy (non-hydrogen) atoms. The van der Waals surface area contributed by atoms with Crippen LogP contribution in [0.25, 0.3) is 5.57 Å². The Morgan fingerprint density at radius 2 is 2.26 bits per heavy atom. The van der Waals surface area contributed by atoms with Gasteiger partial charge in [0.2, 0.25) is 0 Å². The number of nitrogens with one attached hydrogen (secondary N) is 2. The summed E-state index contributed by atoms with van der Waals surface area (Å²) in [6.45, 7) is 3.78. The summed E-state index contributed by atoms with van der Waals surface area (Å²) in [5.41, 5.74) is 4.85. The molecule has 1 unspecified atom stereocenters. The largest absolute Gasteiger partial charge is 0.496 e. The van der Waals surface area contributed by atoms with E-state index in [0.29, 0.717) is 34.4 Å². The third kappa shape index (κ3) is 4.53. The van der Waals surface area contributed by atoms with E-state index >= 15 is 0 Å². The summed E-state index contributed by atoms with van der Waals surface area (Å²) in [5.74, 6) is 0.525. The van der Waals surface area contributed by atoms with Crippen molar-refractivity contribution in [2.24, 2.45) is 11.0 Å². The molecule has 0 spiro atoms. The molecule has 1 saturated carbocycles. The molecule has 1 aromatic carbocycles. The van der Waals surface area contributed by atoms with Gasteiger partial charge in [0.05, 0.1) is 12.5 Å². The van der Waals surface area contributed by atoms with E-state index in [-0.39, 0.29) is 17.1 Å². The third-order valence-corrected chi connectivity index (χ3v) is 5.71. The van der Waals surface area contributed by atoms with Gasteiger partial charge in [0.1, 0.15) is 11.6 Å². The van der Waals surface area contributed by atoms with Gasteiger partial charge in [0, 0.05) is 11.1 Å². The number of rotatable bonds is 6. The number of thioether (sulfide) groups is 1. The molecular formula is C20H24FN3O2S. The summed E-state index contributed by atoms with van der Waals surface area (Å²) >= 11 is 1.55. The highest BCUT2D eigenvalue weighted by molar-refractivity contribution is 8.14. The van der Waals surface area contributed by atoms with Crippen LogP contribution >= 0.6 is 11.8 Å². The number of nitrogens with zero attached hydrogens (tertiary/aromatic N) is 1. The van der Waals surface area contributed by atoms with E-state index in [2.05, 4.69) is 15.8 Å². The highest BCUT2D eigenvalue weighted by atomic mass is 32.2. The summed E-state index contributed by atoms with van der Waals surface area (Å²) in [6, 6.07) is 4.33. The quantitative estimate of drug-likeness (QED) is 0.570. The molecule has 2 N–H and O–H groups in total. The van der Waals surface area contributed by atoms with Gasteiger partial charge in [-0.1, -0.05) is 30.8 Å². The Balaban J connectivity index is 1.89. The predicted molar refractivity (Wildman–Crippen MR) is 108 cm³/mol. The van der Waals surface area contributed by atoms with Crippen LogP contribution in [0.15, 0.2) is 41.0 Å². The monoisotopic (exact) mass is 389 g/mol. The topological polar surface area (TPSA) is 62.7 Å². The maximum Gasteiger partial charge on any atom is 0.257 e. The second kappa shape index (κ2) is 8.61. The van der Waals surface area contributed by atoms with Crippen molar-refractivity contribution in [3.63, 3.8) is 0 Å². The van der Waals surface area contributed by atoms with Crippen LogP contribution in [-0.4, -0.2) is 23.6 Å². The Labute approximate surface area is 163 Å². The van der Waals surface area contributed by atoms with Gasteiger partial charge in [-0.2, -0.15) is 5.10 Å². The van der Waals surface area contributed by atoms with Crippen LogP contribution in [0.2, 0.25) is 0 Å². The van der Waals surface area contributed by atoms with E-state index in [9.17, 15) is 9.18 Å². The van der Waals surface area contributed by atoms with E-state index < -0.39 is 0 Å². The number of hydrazone groups is 1. The third-order valence-electron chi connectivity index (χ3n) is 4.55. The number of methoxy groups -OCH3 is 1. The predicted octanol–water partition coefficient (Wildman–Crippen LogP) is 4.03. The molecule has 1 fully saturated rings. The molecule has 1 heterocycles. The zero-order chi connectivity index (χ0) is 19.4. The van der Waals surface area contributed by atoms with Gasteiger partial charge < -0.3 is 4.74 Å². The van der Waals surface area contributed by atoms with E-state index in [0.717, 1.165) is 5.57 Å². The van der Waals surface area contributed by atoms with Crippen molar-refractivity contribution in [2.75, 3.05) is 7.11 Å². The maximum absolute atomic E-state index is 13.9. The molecule has 0 bridgehead atoms. The molecule has 5 nitrogen and oxygen atoms in total. The Morgan fingerprint density at radius 3 is 2.89 bits per heavy atom. The lowest BCUT2D eigenvalue weighted by molar-refractivity contribution is -0.115. The van der Waals surface area contributed by atoms with Crippen molar-refractivity contribution in [3.05, 3.63) is 47.3 Å². The lowest BCUT2D eigenvalue weighted by atomic mass is 9.95. The number of hydrogen-bond donors (Lipinski definition) is 2. The molecule has 7 heteroatoms. The highest BCUT2D eigenvalue weighted by Crippen LogP contribution is 2.39. The fourth-order valence-corrected chi connectivity index (χ4v) is 4.11. The Morgan fingerprint density at radius 1 is 1.48 bits per heavy atom. The van der Waals surface area contributed by atoms with Gasteiger partial charge in [-0.3, -0.25) is 15.5 Å². The highest BCUT2D eigenvalue weighted by Gasteiger charge is 2.36. The van der Waals surface area contributed by atoms with Crippen LogP contribution in [0.1, 0.15) is 38.7 Å². The molecule has 2 aliphatic rings. The van der Waals surface area contributed by atoms with E-state index in [1.54, 1.807) is 30.0 Å². The van der Waals surface area contributed by atoms with Crippen molar-refractivity contribution in [3.8, 4) is 5.75 Å². The van der Waals surface area contributed by atoms with Crippen LogP contribution in [0, 0.1) is 11.7 Å². The van der Waals surface area contributed by atoms with Gasteiger partial charge >= 0.3 is 0 Å². The molecule has 1 aliphatic carbocycles.